The van der Waals surface area contributed by atoms with Crippen molar-refractivity contribution in [1.82, 2.24) is 15.0 Å². The summed E-state index contributed by atoms with van der Waals surface area (Å²) in [7, 11) is 0. The summed E-state index contributed by atoms with van der Waals surface area (Å²) in [5.74, 6) is 0.544. The number of hydrogen-bond donors (Lipinski definition) is 0. The average Bonchev–Trinajstić information content (AvgIpc) is 2.79. The van der Waals surface area contributed by atoms with Gasteiger partial charge in [0.15, 0.2) is 11.6 Å². The third kappa shape index (κ3) is 3.92. The highest BCUT2D eigenvalue weighted by molar-refractivity contribution is 6.30. The first-order valence-corrected chi connectivity index (χ1v) is 8.59. The van der Waals surface area contributed by atoms with Crippen molar-refractivity contribution >= 4 is 23.3 Å². The van der Waals surface area contributed by atoms with E-state index >= 15 is 0 Å². The Labute approximate surface area is 150 Å². The van der Waals surface area contributed by atoms with E-state index in [4.69, 9.17) is 16.1 Å². The summed E-state index contributed by atoms with van der Waals surface area (Å²) in [4.78, 5) is 20.4. The number of pyridine rings is 1. The Morgan fingerprint density at radius 3 is 2.80 bits per heavy atom. The van der Waals surface area contributed by atoms with E-state index in [0.29, 0.717) is 31.9 Å². The molecular weight excluding hydrogens is 347 g/mol. The van der Waals surface area contributed by atoms with Gasteiger partial charge in [0.05, 0.1) is 17.1 Å². The van der Waals surface area contributed by atoms with E-state index in [-0.39, 0.29) is 23.2 Å². The van der Waals surface area contributed by atoms with E-state index in [0.717, 1.165) is 17.7 Å². The lowest BCUT2D eigenvalue weighted by molar-refractivity contribution is -0.130. The van der Waals surface area contributed by atoms with Crippen LogP contribution in [0.15, 0.2) is 16.8 Å². The molecule has 0 unspecified atom stereocenters. The summed E-state index contributed by atoms with van der Waals surface area (Å²) in [6.07, 6.45) is 2.46. The summed E-state index contributed by atoms with van der Waals surface area (Å²) in [6, 6.07) is 1.26. The van der Waals surface area contributed by atoms with Gasteiger partial charge in [-0.05, 0) is 26.3 Å². The number of hydrogen-bond acceptors (Lipinski definition) is 5. The minimum atomic E-state index is -0.442. The molecule has 3 heterocycles. The number of aromatic nitrogens is 2. The van der Waals surface area contributed by atoms with Crippen LogP contribution in [-0.4, -0.2) is 47.1 Å². The maximum Gasteiger partial charge on any atom is 0.227 e. The van der Waals surface area contributed by atoms with E-state index < -0.39 is 5.82 Å². The van der Waals surface area contributed by atoms with Crippen LogP contribution in [0.25, 0.3) is 0 Å². The fourth-order valence-corrected chi connectivity index (χ4v) is 3.18. The Bertz CT molecular complexity index is 761. The molecule has 1 aliphatic heterocycles. The summed E-state index contributed by atoms with van der Waals surface area (Å²) in [5, 5.41) is 4.16. The van der Waals surface area contributed by atoms with Gasteiger partial charge in [-0.25, -0.2) is 9.37 Å². The quantitative estimate of drug-likeness (QED) is 0.835. The molecule has 1 saturated heterocycles. The zero-order valence-electron chi connectivity index (χ0n) is 14.3. The molecule has 2 aromatic heterocycles. The first kappa shape index (κ1) is 17.7. The predicted molar refractivity (Wildman–Crippen MR) is 92.3 cm³/mol. The van der Waals surface area contributed by atoms with Crippen molar-refractivity contribution in [2.24, 2.45) is 0 Å². The third-order valence-corrected chi connectivity index (χ3v) is 4.65. The maximum atomic E-state index is 14.1. The van der Waals surface area contributed by atoms with Crippen LogP contribution < -0.4 is 4.90 Å². The zero-order valence-corrected chi connectivity index (χ0v) is 15.0. The summed E-state index contributed by atoms with van der Waals surface area (Å²) in [6.45, 7) is 5.96. The Morgan fingerprint density at radius 1 is 1.32 bits per heavy atom. The number of carbonyl (C=O) groups excluding carboxylic acids is 1. The molecule has 0 N–H and O–H groups in total. The molecule has 6 nitrogen and oxygen atoms in total. The van der Waals surface area contributed by atoms with Crippen LogP contribution >= 0.6 is 11.6 Å². The van der Waals surface area contributed by atoms with Crippen molar-refractivity contribution < 1.29 is 13.7 Å². The standard InChI is InChI=1S/C17H20ClFN4O2/c1-11-14(12(2)25-21-11)9-16(24)22-4-3-5-23(7-6-22)17-15(19)8-13(18)10-20-17/h8,10H,3-7,9H2,1-2H3. The minimum Gasteiger partial charge on any atom is -0.361 e. The number of aryl methyl sites for hydroxylation is 2. The van der Waals surface area contributed by atoms with Crippen molar-refractivity contribution in [3.8, 4) is 0 Å². The molecule has 2 aromatic rings. The molecule has 1 fully saturated rings. The fourth-order valence-electron chi connectivity index (χ4n) is 3.04. The van der Waals surface area contributed by atoms with Gasteiger partial charge >= 0.3 is 0 Å². The van der Waals surface area contributed by atoms with Gasteiger partial charge in [-0.3, -0.25) is 4.79 Å². The molecule has 0 bridgehead atoms. The third-order valence-electron chi connectivity index (χ3n) is 4.45. The summed E-state index contributed by atoms with van der Waals surface area (Å²) in [5.41, 5.74) is 1.59. The Balaban J connectivity index is 1.66. The number of nitrogens with zero attached hydrogens (tertiary/aromatic N) is 4. The van der Waals surface area contributed by atoms with Crippen LogP contribution in [0.4, 0.5) is 10.2 Å². The van der Waals surface area contributed by atoms with Gasteiger partial charge in [0, 0.05) is 37.9 Å². The van der Waals surface area contributed by atoms with Crippen molar-refractivity contribution in [2.45, 2.75) is 26.7 Å². The Kier molecular flexibility index (Phi) is 5.22. The van der Waals surface area contributed by atoms with E-state index in [1.165, 1.54) is 12.3 Å². The molecule has 0 aromatic carbocycles. The average molecular weight is 367 g/mol. The van der Waals surface area contributed by atoms with Gasteiger partial charge in [0.1, 0.15) is 5.76 Å². The van der Waals surface area contributed by atoms with Gasteiger partial charge in [-0.2, -0.15) is 0 Å². The number of carbonyl (C=O) groups is 1. The molecule has 8 heteroatoms. The molecule has 1 amide bonds. The van der Waals surface area contributed by atoms with E-state index in [2.05, 4.69) is 10.1 Å². The van der Waals surface area contributed by atoms with Crippen LogP contribution in [0, 0.1) is 19.7 Å². The molecule has 134 valence electrons. The number of rotatable bonds is 3. The maximum absolute atomic E-state index is 14.1. The molecule has 0 aliphatic carbocycles. The second kappa shape index (κ2) is 7.39. The summed E-state index contributed by atoms with van der Waals surface area (Å²) < 4.78 is 19.2. The van der Waals surface area contributed by atoms with Crippen LogP contribution in [0.5, 0.6) is 0 Å². The lowest BCUT2D eigenvalue weighted by Gasteiger charge is -2.23. The monoisotopic (exact) mass is 366 g/mol. The molecular formula is C17H20ClFN4O2. The molecule has 0 spiro atoms. The van der Waals surface area contributed by atoms with Crippen molar-refractivity contribution in [3.05, 3.63) is 40.1 Å². The van der Waals surface area contributed by atoms with Crippen LogP contribution in [0.3, 0.4) is 0 Å². The SMILES string of the molecule is Cc1noc(C)c1CC(=O)N1CCCN(c2ncc(Cl)cc2F)CC1. The van der Waals surface area contributed by atoms with Crippen molar-refractivity contribution in [3.63, 3.8) is 0 Å². The minimum absolute atomic E-state index is 0.0285. The second-order valence-corrected chi connectivity index (χ2v) is 6.60. The van der Waals surface area contributed by atoms with E-state index in [1.54, 1.807) is 4.90 Å². The molecule has 25 heavy (non-hydrogen) atoms. The largest absolute Gasteiger partial charge is 0.361 e. The van der Waals surface area contributed by atoms with E-state index in [1.807, 2.05) is 18.7 Å². The number of halogens is 2. The molecule has 0 atom stereocenters. The molecule has 1 aliphatic rings. The van der Waals surface area contributed by atoms with Crippen LogP contribution in [-0.2, 0) is 11.2 Å². The van der Waals surface area contributed by atoms with Gasteiger partial charge in [0.2, 0.25) is 5.91 Å². The zero-order chi connectivity index (χ0) is 18.0. The highest BCUT2D eigenvalue weighted by Gasteiger charge is 2.23. The fraction of sp³-hybridized carbons (Fsp3) is 0.471. The predicted octanol–water partition coefficient (Wildman–Crippen LogP) is 2.76. The summed E-state index contributed by atoms with van der Waals surface area (Å²) >= 11 is 5.76. The first-order chi connectivity index (χ1) is 12.0. The van der Waals surface area contributed by atoms with Gasteiger partial charge in [0.25, 0.3) is 0 Å². The van der Waals surface area contributed by atoms with Crippen molar-refractivity contribution in [2.75, 3.05) is 31.1 Å². The van der Waals surface area contributed by atoms with Crippen LogP contribution in [0.2, 0.25) is 5.02 Å². The number of amides is 1. The Morgan fingerprint density at radius 2 is 2.12 bits per heavy atom. The van der Waals surface area contributed by atoms with Crippen molar-refractivity contribution in [1.29, 1.82) is 0 Å². The van der Waals surface area contributed by atoms with Gasteiger partial charge < -0.3 is 14.3 Å². The normalized spacial score (nSPS) is 15.4. The Hall–Kier alpha value is -2.15. The van der Waals surface area contributed by atoms with Crippen LogP contribution in [0.1, 0.15) is 23.4 Å². The highest BCUT2D eigenvalue weighted by Crippen LogP contribution is 2.21. The van der Waals surface area contributed by atoms with E-state index in [9.17, 15) is 9.18 Å². The van der Waals surface area contributed by atoms with Gasteiger partial charge in [-0.1, -0.05) is 16.8 Å². The topological polar surface area (TPSA) is 62.5 Å². The van der Waals surface area contributed by atoms with Gasteiger partial charge in [-0.15, -0.1) is 0 Å². The lowest BCUT2D eigenvalue weighted by atomic mass is 10.1. The molecule has 0 radical (unpaired) electrons. The number of anilines is 1. The smallest absolute Gasteiger partial charge is 0.227 e. The molecule has 3 rings (SSSR count). The first-order valence-electron chi connectivity index (χ1n) is 8.21. The lowest BCUT2D eigenvalue weighted by Crippen LogP contribution is -2.36. The highest BCUT2D eigenvalue weighted by atomic mass is 35.5. The second-order valence-electron chi connectivity index (χ2n) is 6.16. The molecule has 0 saturated carbocycles.